The van der Waals surface area contributed by atoms with Gasteiger partial charge in [-0.25, -0.2) is 0 Å². The lowest BCUT2D eigenvalue weighted by atomic mass is 9.82. The van der Waals surface area contributed by atoms with Gasteiger partial charge in [-0.1, -0.05) is 28.1 Å². The van der Waals surface area contributed by atoms with Crippen LogP contribution in [0.4, 0.5) is 0 Å². The Morgan fingerprint density at radius 3 is 2.32 bits per heavy atom. The van der Waals surface area contributed by atoms with E-state index in [1.165, 1.54) is 0 Å². The molecule has 1 aliphatic rings. The highest BCUT2D eigenvalue weighted by atomic mass is 79.9. The van der Waals surface area contributed by atoms with Crippen molar-refractivity contribution in [3.05, 3.63) is 34.3 Å². The number of Topliss-reactive ketones (excluding diaryl/α,β-unsaturated/α-hetero) is 1. The number of ether oxygens (including phenoxy) is 1. The van der Waals surface area contributed by atoms with Gasteiger partial charge in [-0.05, 0) is 51.8 Å². The summed E-state index contributed by atoms with van der Waals surface area (Å²) < 4.78 is 7.03. The molecular formula is C16H21BrO2. The highest BCUT2D eigenvalue weighted by molar-refractivity contribution is 9.10. The molecule has 104 valence electrons. The van der Waals surface area contributed by atoms with E-state index in [1.54, 1.807) is 0 Å². The zero-order chi connectivity index (χ0) is 14.3. The van der Waals surface area contributed by atoms with E-state index in [0.717, 1.165) is 16.5 Å². The number of carbonyl (C=O) groups is 1. The molecule has 0 aromatic heterocycles. The molecule has 1 aromatic rings. The Balaban J connectivity index is 2.10. The van der Waals surface area contributed by atoms with E-state index in [9.17, 15) is 4.79 Å². The number of rotatable bonds is 3. The molecule has 3 heteroatoms. The molecule has 2 rings (SSSR count). The van der Waals surface area contributed by atoms with Gasteiger partial charge in [0.25, 0.3) is 0 Å². The summed E-state index contributed by atoms with van der Waals surface area (Å²) in [5.41, 5.74) is 0.494. The molecule has 1 fully saturated rings. The van der Waals surface area contributed by atoms with Gasteiger partial charge in [-0.15, -0.1) is 0 Å². The number of ketones is 1. The first kappa shape index (κ1) is 14.7. The fraction of sp³-hybridized carbons (Fsp3) is 0.562. The van der Waals surface area contributed by atoms with Crippen LogP contribution in [0.15, 0.2) is 28.7 Å². The summed E-state index contributed by atoms with van der Waals surface area (Å²) in [6.07, 6.45) is 1.29. The topological polar surface area (TPSA) is 26.3 Å². The molecule has 1 saturated heterocycles. The van der Waals surface area contributed by atoms with Crippen molar-refractivity contribution in [2.24, 2.45) is 5.92 Å². The summed E-state index contributed by atoms with van der Waals surface area (Å²) in [5, 5.41) is 0. The van der Waals surface area contributed by atoms with E-state index in [2.05, 4.69) is 29.8 Å². The number of halogens is 1. The molecule has 0 aliphatic carbocycles. The van der Waals surface area contributed by atoms with Gasteiger partial charge in [0.2, 0.25) is 0 Å². The Bertz CT molecular complexity index is 474. The molecule has 0 amide bonds. The molecule has 1 aliphatic heterocycles. The van der Waals surface area contributed by atoms with Crippen LogP contribution in [0.1, 0.15) is 39.7 Å². The maximum absolute atomic E-state index is 12.5. The monoisotopic (exact) mass is 324 g/mol. The van der Waals surface area contributed by atoms with Crippen molar-refractivity contribution in [1.29, 1.82) is 0 Å². The van der Waals surface area contributed by atoms with E-state index in [-0.39, 0.29) is 22.9 Å². The van der Waals surface area contributed by atoms with Gasteiger partial charge in [0.15, 0.2) is 0 Å². The van der Waals surface area contributed by atoms with Gasteiger partial charge in [0, 0.05) is 16.8 Å². The van der Waals surface area contributed by atoms with E-state index < -0.39 is 0 Å². The first-order valence-corrected chi connectivity index (χ1v) is 7.46. The normalized spacial score (nSPS) is 24.4. The molecular weight excluding hydrogens is 304 g/mol. The maximum atomic E-state index is 12.5. The predicted octanol–water partition coefficient (Wildman–Crippen LogP) is 4.15. The first-order chi connectivity index (χ1) is 8.70. The van der Waals surface area contributed by atoms with Gasteiger partial charge in [0.1, 0.15) is 5.78 Å². The maximum Gasteiger partial charge on any atom is 0.143 e. The SMILES string of the molecule is CC1(C)CC(C(=O)Cc2ccc(Br)cc2)C(C)(C)O1. The van der Waals surface area contributed by atoms with Crippen LogP contribution in [0, 0.1) is 5.92 Å². The van der Waals surface area contributed by atoms with E-state index in [4.69, 9.17) is 4.74 Å². The average molecular weight is 325 g/mol. The lowest BCUT2D eigenvalue weighted by Gasteiger charge is -2.26. The summed E-state index contributed by atoms with van der Waals surface area (Å²) in [6.45, 7) is 8.15. The Kier molecular flexibility index (Phi) is 3.90. The smallest absolute Gasteiger partial charge is 0.143 e. The number of hydrogen-bond acceptors (Lipinski definition) is 2. The van der Waals surface area contributed by atoms with Crippen LogP contribution >= 0.6 is 15.9 Å². The standard InChI is InChI=1S/C16H21BrO2/c1-15(2)10-13(16(3,4)19-15)14(18)9-11-5-7-12(17)8-6-11/h5-8,13H,9-10H2,1-4H3. The fourth-order valence-corrected chi connectivity index (χ4v) is 3.25. The highest BCUT2D eigenvalue weighted by Crippen LogP contribution is 2.42. The Morgan fingerprint density at radius 1 is 1.26 bits per heavy atom. The minimum Gasteiger partial charge on any atom is -0.369 e. The van der Waals surface area contributed by atoms with Gasteiger partial charge < -0.3 is 4.74 Å². The van der Waals surface area contributed by atoms with Gasteiger partial charge in [-0.2, -0.15) is 0 Å². The Morgan fingerprint density at radius 2 is 1.84 bits per heavy atom. The third-order valence-corrected chi connectivity index (χ3v) is 4.28. The number of carbonyl (C=O) groups excluding carboxylic acids is 1. The van der Waals surface area contributed by atoms with Gasteiger partial charge >= 0.3 is 0 Å². The van der Waals surface area contributed by atoms with Crippen LogP contribution in [-0.4, -0.2) is 17.0 Å². The average Bonchev–Trinajstić information content (AvgIpc) is 2.50. The van der Waals surface area contributed by atoms with Crippen molar-refractivity contribution in [3.8, 4) is 0 Å². The fourth-order valence-electron chi connectivity index (χ4n) is 2.99. The predicted molar refractivity (Wildman–Crippen MR) is 80.2 cm³/mol. The molecule has 0 N–H and O–H groups in total. The lowest BCUT2D eigenvalue weighted by Crippen LogP contribution is -2.34. The van der Waals surface area contributed by atoms with Crippen molar-refractivity contribution in [3.63, 3.8) is 0 Å². The quantitative estimate of drug-likeness (QED) is 0.834. The largest absolute Gasteiger partial charge is 0.369 e. The molecule has 19 heavy (non-hydrogen) atoms. The zero-order valence-electron chi connectivity index (χ0n) is 12.0. The Hall–Kier alpha value is -0.670. The molecule has 0 saturated carbocycles. The van der Waals surface area contributed by atoms with Crippen molar-refractivity contribution in [2.75, 3.05) is 0 Å². The highest BCUT2D eigenvalue weighted by Gasteiger charge is 2.48. The van der Waals surface area contributed by atoms with Crippen molar-refractivity contribution in [1.82, 2.24) is 0 Å². The zero-order valence-corrected chi connectivity index (χ0v) is 13.6. The van der Waals surface area contributed by atoms with Crippen molar-refractivity contribution >= 4 is 21.7 Å². The molecule has 2 nitrogen and oxygen atoms in total. The molecule has 1 heterocycles. The molecule has 0 spiro atoms. The summed E-state index contributed by atoms with van der Waals surface area (Å²) in [6, 6.07) is 7.94. The second kappa shape index (κ2) is 5.02. The molecule has 1 unspecified atom stereocenters. The van der Waals surface area contributed by atoms with Gasteiger partial charge in [0.05, 0.1) is 11.2 Å². The molecule has 1 atom stereocenters. The van der Waals surface area contributed by atoms with E-state index >= 15 is 0 Å². The van der Waals surface area contributed by atoms with Crippen LogP contribution in [0.5, 0.6) is 0 Å². The molecule has 0 radical (unpaired) electrons. The van der Waals surface area contributed by atoms with Crippen LogP contribution < -0.4 is 0 Å². The molecule has 0 bridgehead atoms. The minimum atomic E-state index is -0.365. The summed E-state index contributed by atoms with van der Waals surface area (Å²) in [5.74, 6) is 0.254. The van der Waals surface area contributed by atoms with E-state index in [1.807, 2.05) is 38.1 Å². The van der Waals surface area contributed by atoms with Crippen LogP contribution in [0.2, 0.25) is 0 Å². The summed E-state index contributed by atoms with van der Waals surface area (Å²) in [7, 11) is 0. The van der Waals surface area contributed by atoms with Crippen LogP contribution in [0.25, 0.3) is 0 Å². The summed E-state index contributed by atoms with van der Waals surface area (Å²) >= 11 is 3.41. The number of benzene rings is 1. The van der Waals surface area contributed by atoms with Crippen molar-refractivity contribution in [2.45, 2.75) is 51.7 Å². The molecule has 1 aromatic carbocycles. The summed E-state index contributed by atoms with van der Waals surface area (Å²) in [4.78, 5) is 12.5. The second-order valence-electron chi connectivity index (χ2n) is 6.49. The third-order valence-electron chi connectivity index (χ3n) is 3.75. The van der Waals surface area contributed by atoms with Crippen LogP contribution in [0.3, 0.4) is 0 Å². The lowest BCUT2D eigenvalue weighted by molar-refractivity contribution is -0.128. The minimum absolute atomic E-state index is 0.0221. The second-order valence-corrected chi connectivity index (χ2v) is 7.41. The first-order valence-electron chi connectivity index (χ1n) is 6.67. The third kappa shape index (κ3) is 3.46. The van der Waals surface area contributed by atoms with Gasteiger partial charge in [-0.3, -0.25) is 4.79 Å². The van der Waals surface area contributed by atoms with Crippen molar-refractivity contribution < 1.29 is 9.53 Å². The van der Waals surface area contributed by atoms with Crippen LogP contribution in [-0.2, 0) is 16.0 Å². The number of hydrogen-bond donors (Lipinski definition) is 0. The van der Waals surface area contributed by atoms with E-state index in [0.29, 0.717) is 6.42 Å². The Labute approximate surface area is 123 Å².